The number of nitrogens with one attached hydrogen (secondary N) is 1. The first-order valence-corrected chi connectivity index (χ1v) is 12.1. The Hall–Kier alpha value is -3.98. The fourth-order valence-electron chi connectivity index (χ4n) is 3.64. The molecule has 8 nitrogen and oxygen atoms in total. The van der Waals surface area contributed by atoms with E-state index in [0.717, 1.165) is 5.56 Å². The molecule has 1 N–H and O–H groups in total. The van der Waals surface area contributed by atoms with Crippen molar-refractivity contribution in [3.63, 3.8) is 0 Å². The van der Waals surface area contributed by atoms with Crippen LogP contribution < -0.4 is 19.5 Å². The van der Waals surface area contributed by atoms with Gasteiger partial charge in [-0.15, -0.1) is 0 Å². The van der Waals surface area contributed by atoms with Crippen molar-refractivity contribution in [3.8, 4) is 28.7 Å². The zero-order valence-corrected chi connectivity index (χ0v) is 19.4. The number of hydrogen-bond donors (Lipinski definition) is 1. The third kappa shape index (κ3) is 4.06. The molecule has 4 aromatic rings. The molecule has 0 fully saturated rings. The van der Waals surface area contributed by atoms with Crippen LogP contribution in [0.25, 0.3) is 11.5 Å². The molecule has 0 amide bonds. The van der Waals surface area contributed by atoms with Gasteiger partial charge < -0.3 is 23.9 Å². The monoisotopic (exact) mass is 478 g/mol. The first-order chi connectivity index (χ1) is 16.5. The number of aryl methyl sites for hydroxylation is 1. The van der Waals surface area contributed by atoms with Crippen LogP contribution in [0.2, 0.25) is 0 Å². The van der Waals surface area contributed by atoms with Gasteiger partial charge in [0.2, 0.25) is 26.6 Å². The van der Waals surface area contributed by atoms with Crippen molar-refractivity contribution in [2.24, 2.45) is 0 Å². The molecule has 0 spiro atoms. The van der Waals surface area contributed by atoms with Gasteiger partial charge in [0.1, 0.15) is 19.0 Å². The number of oxazole rings is 1. The standard InChI is InChI=1S/C25H22N2O6S/c1-16-6-5-7-17(14-16)23-27-25(24(33-23)26-19-8-3-4-9-20(19)30-2)34(28,29)18-10-11-21-22(15-18)32-13-12-31-21/h3-11,14-15,26H,12-13H2,1-2H3. The summed E-state index contributed by atoms with van der Waals surface area (Å²) in [6, 6.07) is 19.1. The van der Waals surface area contributed by atoms with Crippen molar-refractivity contribution in [3.05, 3.63) is 72.3 Å². The Morgan fingerprint density at radius 1 is 0.941 bits per heavy atom. The second-order valence-corrected chi connectivity index (χ2v) is 9.52. The Morgan fingerprint density at radius 3 is 2.53 bits per heavy atom. The van der Waals surface area contributed by atoms with Crippen LogP contribution in [0.3, 0.4) is 0 Å². The first-order valence-electron chi connectivity index (χ1n) is 10.6. The molecule has 174 valence electrons. The number of ether oxygens (including phenoxy) is 3. The number of sulfone groups is 1. The van der Waals surface area contributed by atoms with E-state index in [1.807, 2.05) is 37.3 Å². The van der Waals surface area contributed by atoms with E-state index in [2.05, 4.69) is 10.3 Å². The molecular weight excluding hydrogens is 456 g/mol. The van der Waals surface area contributed by atoms with Crippen LogP contribution in [0.4, 0.5) is 11.6 Å². The summed E-state index contributed by atoms with van der Waals surface area (Å²) in [4.78, 5) is 4.42. The lowest BCUT2D eigenvalue weighted by atomic mass is 10.1. The summed E-state index contributed by atoms with van der Waals surface area (Å²) in [6.07, 6.45) is 0. The lowest BCUT2D eigenvalue weighted by molar-refractivity contribution is 0.171. The Morgan fingerprint density at radius 2 is 1.74 bits per heavy atom. The predicted molar refractivity (Wildman–Crippen MR) is 126 cm³/mol. The van der Waals surface area contributed by atoms with Crippen molar-refractivity contribution in [1.29, 1.82) is 0 Å². The summed E-state index contributed by atoms with van der Waals surface area (Å²) in [5.41, 5.74) is 2.19. The molecule has 0 aliphatic carbocycles. The molecule has 5 rings (SSSR count). The van der Waals surface area contributed by atoms with E-state index in [1.54, 1.807) is 24.3 Å². The zero-order valence-electron chi connectivity index (χ0n) is 18.6. The highest BCUT2D eigenvalue weighted by atomic mass is 32.2. The SMILES string of the molecule is COc1ccccc1Nc1oc(-c2cccc(C)c2)nc1S(=O)(=O)c1ccc2c(c1)OCCO2. The van der Waals surface area contributed by atoms with Crippen molar-refractivity contribution in [1.82, 2.24) is 4.98 Å². The molecule has 0 unspecified atom stereocenters. The van der Waals surface area contributed by atoms with E-state index in [-0.39, 0.29) is 21.7 Å². The first kappa shape index (κ1) is 21.8. The van der Waals surface area contributed by atoms with E-state index < -0.39 is 9.84 Å². The van der Waals surface area contributed by atoms with Gasteiger partial charge in [-0.2, -0.15) is 4.98 Å². The van der Waals surface area contributed by atoms with Gasteiger partial charge in [-0.05, 0) is 43.3 Å². The topological polar surface area (TPSA) is 99.9 Å². The van der Waals surface area contributed by atoms with Gasteiger partial charge in [-0.25, -0.2) is 8.42 Å². The minimum Gasteiger partial charge on any atom is -0.495 e. The Kier molecular flexibility index (Phi) is 5.62. The summed E-state index contributed by atoms with van der Waals surface area (Å²) < 4.78 is 49.9. The van der Waals surface area contributed by atoms with Crippen molar-refractivity contribution < 1.29 is 27.0 Å². The van der Waals surface area contributed by atoms with Crippen LogP contribution in [0, 0.1) is 6.92 Å². The molecule has 2 heterocycles. The molecule has 0 bridgehead atoms. The fourth-order valence-corrected chi connectivity index (χ4v) is 4.91. The van der Waals surface area contributed by atoms with Gasteiger partial charge in [0.25, 0.3) is 0 Å². The lowest BCUT2D eigenvalue weighted by Crippen LogP contribution is -2.16. The molecule has 0 atom stereocenters. The Labute approximate surface area is 197 Å². The average molecular weight is 479 g/mol. The largest absolute Gasteiger partial charge is 0.495 e. The van der Waals surface area contributed by atoms with Gasteiger partial charge in [0.15, 0.2) is 11.5 Å². The Balaban J connectivity index is 1.64. The van der Waals surface area contributed by atoms with Gasteiger partial charge in [-0.3, -0.25) is 0 Å². The molecule has 3 aromatic carbocycles. The summed E-state index contributed by atoms with van der Waals surface area (Å²) >= 11 is 0. The number of aromatic nitrogens is 1. The van der Waals surface area contributed by atoms with Crippen LogP contribution >= 0.6 is 0 Å². The van der Waals surface area contributed by atoms with E-state index in [0.29, 0.717) is 41.7 Å². The van der Waals surface area contributed by atoms with Crippen LogP contribution in [0.5, 0.6) is 17.2 Å². The number of benzene rings is 3. The number of fused-ring (bicyclic) bond motifs is 1. The summed E-state index contributed by atoms with van der Waals surface area (Å²) in [5, 5.41) is 2.80. The summed E-state index contributed by atoms with van der Waals surface area (Å²) in [7, 11) is -2.55. The van der Waals surface area contributed by atoms with E-state index in [4.69, 9.17) is 18.6 Å². The molecule has 1 aromatic heterocycles. The summed E-state index contributed by atoms with van der Waals surface area (Å²) in [6.45, 7) is 2.70. The number of nitrogens with zero attached hydrogens (tertiary/aromatic N) is 1. The molecule has 0 radical (unpaired) electrons. The number of rotatable bonds is 6. The second kappa shape index (κ2) is 8.75. The normalized spacial score (nSPS) is 12.9. The maximum absolute atomic E-state index is 13.7. The molecule has 0 saturated carbocycles. The highest BCUT2D eigenvalue weighted by Crippen LogP contribution is 2.39. The van der Waals surface area contributed by atoms with Gasteiger partial charge in [0, 0.05) is 11.6 Å². The molecule has 0 saturated heterocycles. The highest BCUT2D eigenvalue weighted by molar-refractivity contribution is 7.91. The smallest absolute Gasteiger partial charge is 0.238 e. The zero-order chi connectivity index (χ0) is 23.7. The fraction of sp³-hybridized carbons (Fsp3) is 0.160. The number of hydrogen-bond acceptors (Lipinski definition) is 8. The minimum absolute atomic E-state index is 0.0175. The molecule has 1 aliphatic rings. The van der Waals surface area contributed by atoms with Crippen LogP contribution in [-0.4, -0.2) is 33.7 Å². The third-order valence-corrected chi connectivity index (χ3v) is 6.96. The van der Waals surface area contributed by atoms with Gasteiger partial charge >= 0.3 is 0 Å². The van der Waals surface area contributed by atoms with E-state index in [1.165, 1.54) is 19.2 Å². The average Bonchev–Trinajstić information content (AvgIpc) is 3.29. The van der Waals surface area contributed by atoms with Gasteiger partial charge in [0.05, 0.1) is 17.7 Å². The minimum atomic E-state index is -4.08. The van der Waals surface area contributed by atoms with E-state index in [9.17, 15) is 8.42 Å². The summed E-state index contributed by atoms with van der Waals surface area (Å²) in [5.74, 6) is 1.55. The number of para-hydroxylation sites is 2. The predicted octanol–water partition coefficient (Wildman–Crippen LogP) is 5.01. The second-order valence-electron chi connectivity index (χ2n) is 7.66. The van der Waals surface area contributed by atoms with Crippen molar-refractivity contribution in [2.75, 3.05) is 25.6 Å². The number of methoxy groups -OCH3 is 1. The maximum atomic E-state index is 13.7. The molecule has 1 aliphatic heterocycles. The molecular formula is C25H22N2O6S. The highest BCUT2D eigenvalue weighted by Gasteiger charge is 2.30. The van der Waals surface area contributed by atoms with Gasteiger partial charge in [-0.1, -0.05) is 29.8 Å². The molecule has 9 heteroatoms. The Bertz CT molecular complexity index is 1460. The molecule has 34 heavy (non-hydrogen) atoms. The maximum Gasteiger partial charge on any atom is 0.238 e. The van der Waals surface area contributed by atoms with Crippen LogP contribution in [-0.2, 0) is 9.84 Å². The van der Waals surface area contributed by atoms with Crippen molar-refractivity contribution >= 4 is 21.4 Å². The number of anilines is 2. The van der Waals surface area contributed by atoms with Crippen LogP contribution in [0.1, 0.15) is 5.56 Å². The van der Waals surface area contributed by atoms with Crippen LogP contribution in [0.15, 0.2) is 81.1 Å². The third-order valence-electron chi connectivity index (χ3n) is 5.29. The van der Waals surface area contributed by atoms with E-state index >= 15 is 0 Å². The lowest BCUT2D eigenvalue weighted by Gasteiger charge is -2.18. The van der Waals surface area contributed by atoms with Crippen molar-refractivity contribution in [2.45, 2.75) is 16.8 Å². The quantitative estimate of drug-likeness (QED) is 0.413.